The Bertz CT molecular complexity index is 826. The second-order valence-corrected chi connectivity index (χ2v) is 6.45. The molecule has 0 saturated carbocycles. The molecule has 35 heavy (non-hydrogen) atoms. The molecule has 0 rings (SSSR count). The Kier molecular flexibility index (Phi) is 14.0. The van der Waals surface area contributed by atoms with E-state index >= 15 is 0 Å². The number of aliphatic carboxylic acids is 5. The van der Waals surface area contributed by atoms with Crippen molar-refractivity contribution in [2.45, 2.75) is 56.5 Å². The van der Waals surface area contributed by atoms with E-state index in [0.717, 1.165) is 6.92 Å². The van der Waals surface area contributed by atoms with E-state index in [1.54, 1.807) is 0 Å². The number of carboxylic acids is 5. The van der Waals surface area contributed by atoms with E-state index in [4.69, 9.17) is 40.9 Å². The highest BCUT2D eigenvalue weighted by molar-refractivity contribution is 5.92. The van der Waals surface area contributed by atoms with E-state index < -0.39 is 97.4 Å². The first kappa shape index (κ1) is 33.0. The Morgan fingerprint density at radius 3 is 1.46 bits per heavy atom. The Morgan fingerprint density at radius 2 is 1.14 bits per heavy atom. The van der Waals surface area contributed by atoms with Gasteiger partial charge in [-0.05, 0) is 6.92 Å². The maximum absolute atomic E-state index is 11.1. The zero-order chi connectivity index (χ0) is 28.1. The Labute approximate surface area is 193 Å². The van der Waals surface area contributed by atoms with Crippen LogP contribution < -0.4 is 0 Å². The number of ether oxygens (including phenoxy) is 2. The lowest BCUT2D eigenvalue weighted by Gasteiger charge is -2.26. The van der Waals surface area contributed by atoms with Gasteiger partial charge in [-0.2, -0.15) is 0 Å². The van der Waals surface area contributed by atoms with E-state index in [9.17, 15) is 38.4 Å². The van der Waals surface area contributed by atoms with Crippen molar-refractivity contribution >= 4 is 47.8 Å². The number of carbonyl (C=O) groups is 8. The highest BCUT2D eigenvalue weighted by Crippen LogP contribution is 2.23. The Balaban J connectivity index is 0. The molecule has 0 heterocycles. The maximum Gasteiger partial charge on any atom is 0.349 e. The summed E-state index contributed by atoms with van der Waals surface area (Å²) < 4.78 is 8.25. The molecule has 0 aromatic carbocycles. The third-order valence-electron chi connectivity index (χ3n) is 3.45. The van der Waals surface area contributed by atoms with E-state index in [1.807, 2.05) is 0 Å². The highest BCUT2D eigenvalue weighted by Gasteiger charge is 2.47. The molecule has 0 amide bonds. The van der Waals surface area contributed by atoms with Crippen LogP contribution in [0.5, 0.6) is 0 Å². The molecule has 0 aliphatic carbocycles. The molecule has 0 fully saturated rings. The van der Waals surface area contributed by atoms with Crippen LogP contribution in [-0.2, 0) is 47.8 Å². The second kappa shape index (κ2) is 14.9. The summed E-state index contributed by atoms with van der Waals surface area (Å²) in [5.74, 6) is -12.7. The van der Waals surface area contributed by atoms with E-state index in [0.29, 0.717) is 0 Å². The fraction of sp³-hybridized carbons (Fsp3) is 0.529. The summed E-state index contributed by atoms with van der Waals surface area (Å²) >= 11 is 0. The first-order valence-electron chi connectivity index (χ1n) is 8.99. The first-order chi connectivity index (χ1) is 15.9. The molecule has 3 unspecified atom stereocenters. The van der Waals surface area contributed by atoms with Crippen molar-refractivity contribution in [2.24, 2.45) is 0 Å². The van der Waals surface area contributed by atoms with Gasteiger partial charge < -0.3 is 50.3 Å². The van der Waals surface area contributed by atoms with Gasteiger partial charge >= 0.3 is 47.8 Å². The van der Waals surface area contributed by atoms with Crippen molar-refractivity contribution in [1.82, 2.24) is 0 Å². The zero-order valence-electron chi connectivity index (χ0n) is 17.7. The summed E-state index contributed by atoms with van der Waals surface area (Å²) in [7, 11) is 0. The average molecular weight is 514 g/mol. The summed E-state index contributed by atoms with van der Waals surface area (Å²) in [6.45, 7) is 0.969. The van der Waals surface area contributed by atoms with E-state index in [-0.39, 0.29) is 0 Å². The molecule has 8 N–H and O–H groups in total. The lowest BCUT2D eigenvalue weighted by molar-refractivity contribution is -0.190. The highest BCUT2D eigenvalue weighted by atomic mass is 16.6. The minimum atomic E-state index is -2.74. The van der Waals surface area contributed by atoms with E-state index in [1.165, 1.54) is 0 Å². The van der Waals surface area contributed by atoms with Crippen LogP contribution in [0.2, 0.25) is 0 Å². The third-order valence-corrected chi connectivity index (χ3v) is 3.45. The number of rotatable bonds is 13. The number of hydrogen-bond acceptors (Lipinski definition) is 13. The summed E-state index contributed by atoms with van der Waals surface area (Å²) in [5.41, 5.74) is -2.74. The van der Waals surface area contributed by atoms with Gasteiger partial charge in [-0.15, -0.1) is 0 Å². The van der Waals surface area contributed by atoms with Crippen LogP contribution in [0.15, 0.2) is 0 Å². The average Bonchev–Trinajstić information content (AvgIpc) is 2.70. The first-order valence-corrected chi connectivity index (χ1v) is 8.99. The van der Waals surface area contributed by atoms with Gasteiger partial charge in [0.2, 0.25) is 5.60 Å². The second-order valence-electron chi connectivity index (χ2n) is 6.45. The van der Waals surface area contributed by atoms with Crippen molar-refractivity contribution in [3.05, 3.63) is 0 Å². The number of esters is 3. The smallest absolute Gasteiger partial charge is 0.349 e. The van der Waals surface area contributed by atoms with Crippen LogP contribution in [0.4, 0.5) is 0 Å². The predicted octanol–water partition coefficient (Wildman–Crippen LogP) is -3.59. The summed E-state index contributed by atoms with van der Waals surface area (Å²) in [5, 5.41) is 68.9. The summed E-state index contributed by atoms with van der Waals surface area (Å²) in [4.78, 5) is 85.1. The number of aliphatic hydroxyl groups is 3. The minimum absolute atomic E-state index is 0.580. The fourth-order valence-corrected chi connectivity index (χ4v) is 1.79. The number of carboxylic acid groups (broad SMARTS) is 5. The third kappa shape index (κ3) is 13.2. The molecule has 0 aromatic heterocycles. The number of carbonyl (C=O) groups excluding carboxylic acids is 3. The standard InChI is InChI=1S/C9H12O9.C8H10O9/c1-4(10)7(15)18-9(8(16)17,2-5(11)12)3-6(13)14;9-3(10)1-2-4(11)17-8(16)6(13)5(12)7(14)15/h4,10H,2-3H2,1H3,(H,11,12)(H,13,14)(H,16,17);5-6,12-13H,1-2H2,(H,9,10)(H,14,15). The van der Waals surface area contributed by atoms with Crippen molar-refractivity contribution in [3.8, 4) is 0 Å². The summed E-state index contributed by atoms with van der Waals surface area (Å²) in [6, 6.07) is 0. The normalized spacial score (nSPS) is 13.0. The monoisotopic (exact) mass is 514 g/mol. The maximum atomic E-state index is 11.1. The van der Waals surface area contributed by atoms with Crippen molar-refractivity contribution in [3.63, 3.8) is 0 Å². The van der Waals surface area contributed by atoms with Crippen molar-refractivity contribution in [1.29, 1.82) is 0 Å². The SMILES string of the molecule is CC(O)C(=O)OC(CC(=O)O)(CC(=O)O)C(=O)O.O=C(O)CCC(=O)OC(=O)C(O)C(O)C(=O)O. The molecule has 0 radical (unpaired) electrons. The lowest BCUT2D eigenvalue weighted by Crippen LogP contribution is -2.48. The topological polar surface area (TPSA) is 317 Å². The van der Waals surface area contributed by atoms with Gasteiger partial charge in [-0.25, -0.2) is 19.2 Å². The lowest BCUT2D eigenvalue weighted by atomic mass is 9.95. The van der Waals surface area contributed by atoms with Gasteiger partial charge in [0, 0.05) is 0 Å². The van der Waals surface area contributed by atoms with Crippen LogP contribution in [-0.4, -0.2) is 113 Å². The fourth-order valence-electron chi connectivity index (χ4n) is 1.79. The number of aliphatic hydroxyl groups excluding tert-OH is 3. The van der Waals surface area contributed by atoms with Crippen LogP contribution in [0.25, 0.3) is 0 Å². The minimum Gasteiger partial charge on any atom is -0.481 e. The van der Waals surface area contributed by atoms with Crippen LogP contribution in [0.3, 0.4) is 0 Å². The van der Waals surface area contributed by atoms with Gasteiger partial charge in [0.05, 0.1) is 25.7 Å². The van der Waals surface area contributed by atoms with Gasteiger partial charge in [0.1, 0.15) is 6.10 Å². The number of hydrogen-bond donors (Lipinski definition) is 8. The zero-order valence-corrected chi connectivity index (χ0v) is 17.7. The summed E-state index contributed by atoms with van der Waals surface area (Å²) in [6.07, 6.45) is -10.2. The molecular weight excluding hydrogens is 492 g/mol. The molecule has 18 nitrogen and oxygen atoms in total. The van der Waals surface area contributed by atoms with Gasteiger partial charge in [-0.3, -0.25) is 19.2 Å². The Morgan fingerprint density at radius 1 is 0.686 bits per heavy atom. The molecule has 18 heteroatoms. The molecule has 0 bridgehead atoms. The molecular formula is C17H22O18. The molecule has 0 aromatic rings. The molecule has 0 spiro atoms. The predicted molar refractivity (Wildman–Crippen MR) is 100 cm³/mol. The Hall–Kier alpha value is -4.16. The quantitative estimate of drug-likeness (QED) is 0.0869. The van der Waals surface area contributed by atoms with Crippen LogP contribution >= 0.6 is 0 Å². The van der Waals surface area contributed by atoms with Crippen molar-refractivity contribution in [2.75, 3.05) is 0 Å². The molecule has 0 aliphatic heterocycles. The van der Waals surface area contributed by atoms with Crippen LogP contribution in [0, 0.1) is 0 Å². The van der Waals surface area contributed by atoms with Gasteiger partial charge in [0.25, 0.3) is 0 Å². The van der Waals surface area contributed by atoms with Gasteiger partial charge in [0.15, 0.2) is 12.2 Å². The largest absolute Gasteiger partial charge is 0.481 e. The van der Waals surface area contributed by atoms with Crippen LogP contribution in [0.1, 0.15) is 32.6 Å². The van der Waals surface area contributed by atoms with E-state index in [2.05, 4.69) is 9.47 Å². The molecule has 3 atom stereocenters. The van der Waals surface area contributed by atoms with Crippen molar-refractivity contribution < 1.29 is 88.7 Å². The van der Waals surface area contributed by atoms with Gasteiger partial charge in [-0.1, -0.05) is 0 Å². The molecule has 198 valence electrons. The molecule has 0 aliphatic rings. The molecule has 0 saturated heterocycles.